The molecular formula is C10H12BrNO2S. The quantitative estimate of drug-likeness (QED) is 0.864. The molecule has 0 amide bonds. The number of hydrogen-bond acceptors (Lipinski definition) is 3. The second-order valence-corrected chi connectivity index (χ2v) is 5.36. The Morgan fingerprint density at radius 1 is 1.60 bits per heavy atom. The number of aromatic carboxylic acids is 1. The highest BCUT2D eigenvalue weighted by atomic mass is 79.9. The number of pyridine rings is 1. The van der Waals surface area contributed by atoms with Crippen LogP contribution in [-0.2, 0) is 0 Å². The van der Waals surface area contributed by atoms with Gasteiger partial charge in [-0.1, -0.05) is 13.8 Å². The topological polar surface area (TPSA) is 50.2 Å². The van der Waals surface area contributed by atoms with Crippen molar-refractivity contribution in [3.63, 3.8) is 0 Å². The molecule has 0 aliphatic carbocycles. The van der Waals surface area contributed by atoms with Crippen molar-refractivity contribution in [2.24, 2.45) is 5.92 Å². The third kappa shape index (κ3) is 3.83. The van der Waals surface area contributed by atoms with E-state index in [1.54, 1.807) is 17.8 Å². The summed E-state index contributed by atoms with van der Waals surface area (Å²) in [6.07, 6.45) is 0. The predicted octanol–water partition coefficient (Wildman–Crippen LogP) is 3.29. The molecule has 0 aromatic carbocycles. The fraction of sp³-hybridized carbons (Fsp3) is 0.400. The minimum absolute atomic E-state index is 0.0875. The normalized spacial score (nSPS) is 10.7. The van der Waals surface area contributed by atoms with E-state index in [1.807, 2.05) is 0 Å². The zero-order valence-electron chi connectivity index (χ0n) is 8.53. The van der Waals surface area contributed by atoms with E-state index in [0.717, 1.165) is 15.3 Å². The zero-order valence-corrected chi connectivity index (χ0v) is 10.9. The largest absolute Gasteiger partial charge is 0.477 e. The number of rotatable bonds is 4. The highest BCUT2D eigenvalue weighted by molar-refractivity contribution is 9.10. The van der Waals surface area contributed by atoms with Gasteiger partial charge < -0.3 is 5.11 Å². The highest BCUT2D eigenvalue weighted by Crippen LogP contribution is 2.27. The van der Waals surface area contributed by atoms with Crippen LogP contribution in [0.3, 0.4) is 0 Å². The van der Waals surface area contributed by atoms with Crippen molar-refractivity contribution in [3.05, 3.63) is 22.3 Å². The molecule has 1 aromatic rings. The first-order valence-corrected chi connectivity index (χ1v) is 6.31. The summed E-state index contributed by atoms with van der Waals surface area (Å²) in [5.74, 6) is 0.486. The molecule has 0 unspecified atom stereocenters. The van der Waals surface area contributed by atoms with Crippen molar-refractivity contribution in [1.29, 1.82) is 0 Å². The molecule has 1 rings (SSSR count). The fourth-order valence-corrected chi connectivity index (χ4v) is 2.31. The monoisotopic (exact) mass is 289 g/mol. The van der Waals surface area contributed by atoms with Crippen molar-refractivity contribution >= 4 is 33.7 Å². The number of aromatic nitrogens is 1. The zero-order chi connectivity index (χ0) is 11.4. The van der Waals surface area contributed by atoms with Crippen LogP contribution in [0.4, 0.5) is 0 Å². The van der Waals surface area contributed by atoms with Crippen LogP contribution in [0, 0.1) is 5.92 Å². The second kappa shape index (κ2) is 5.51. The van der Waals surface area contributed by atoms with Crippen molar-refractivity contribution in [2.45, 2.75) is 18.9 Å². The van der Waals surface area contributed by atoms with Crippen LogP contribution in [0.15, 0.2) is 21.6 Å². The average molecular weight is 290 g/mol. The van der Waals surface area contributed by atoms with Crippen LogP contribution in [0.25, 0.3) is 0 Å². The van der Waals surface area contributed by atoms with Crippen LogP contribution in [-0.4, -0.2) is 21.8 Å². The lowest BCUT2D eigenvalue weighted by atomic mass is 10.3. The predicted molar refractivity (Wildman–Crippen MR) is 64.5 cm³/mol. The summed E-state index contributed by atoms with van der Waals surface area (Å²) in [5.41, 5.74) is 0.0875. The lowest BCUT2D eigenvalue weighted by Crippen LogP contribution is -2.01. The molecule has 82 valence electrons. The van der Waals surface area contributed by atoms with Gasteiger partial charge >= 0.3 is 5.97 Å². The van der Waals surface area contributed by atoms with Crippen LogP contribution in [0.5, 0.6) is 0 Å². The Labute approximate surface area is 101 Å². The summed E-state index contributed by atoms with van der Waals surface area (Å²) in [6, 6.07) is 3.21. The van der Waals surface area contributed by atoms with Gasteiger partial charge in [0.1, 0.15) is 10.7 Å². The SMILES string of the molecule is CC(C)CSc1nc(C(=O)O)ccc1Br. The van der Waals surface area contributed by atoms with Gasteiger partial charge in [-0.05, 0) is 34.0 Å². The van der Waals surface area contributed by atoms with E-state index in [0.29, 0.717) is 5.92 Å². The van der Waals surface area contributed by atoms with Crippen LogP contribution < -0.4 is 0 Å². The minimum atomic E-state index is -0.992. The fourth-order valence-electron chi connectivity index (χ4n) is 0.889. The molecule has 0 saturated carbocycles. The molecule has 0 spiro atoms. The molecular weight excluding hydrogens is 278 g/mol. The lowest BCUT2D eigenvalue weighted by Gasteiger charge is -2.06. The van der Waals surface area contributed by atoms with Gasteiger partial charge in [-0.25, -0.2) is 9.78 Å². The van der Waals surface area contributed by atoms with Crippen molar-refractivity contribution < 1.29 is 9.90 Å². The number of halogens is 1. The van der Waals surface area contributed by atoms with Gasteiger partial charge in [0.2, 0.25) is 0 Å². The highest BCUT2D eigenvalue weighted by Gasteiger charge is 2.09. The Hall–Kier alpha value is -0.550. The van der Waals surface area contributed by atoms with Gasteiger partial charge in [0.15, 0.2) is 0 Å². The number of carboxylic acids is 1. The van der Waals surface area contributed by atoms with E-state index >= 15 is 0 Å². The summed E-state index contributed by atoms with van der Waals surface area (Å²) in [6.45, 7) is 4.23. The first kappa shape index (κ1) is 12.5. The molecule has 0 saturated heterocycles. The Bertz CT molecular complexity index is 368. The molecule has 0 aliphatic rings. The lowest BCUT2D eigenvalue weighted by molar-refractivity contribution is 0.0689. The number of carbonyl (C=O) groups is 1. The van der Waals surface area contributed by atoms with Crippen molar-refractivity contribution in [1.82, 2.24) is 4.98 Å². The Morgan fingerprint density at radius 2 is 2.27 bits per heavy atom. The Balaban J connectivity index is 2.85. The molecule has 0 fully saturated rings. The van der Waals surface area contributed by atoms with Gasteiger partial charge in [0.05, 0.1) is 0 Å². The third-order valence-electron chi connectivity index (χ3n) is 1.59. The van der Waals surface area contributed by atoms with Crippen LogP contribution in [0.1, 0.15) is 24.3 Å². The van der Waals surface area contributed by atoms with E-state index in [2.05, 4.69) is 34.8 Å². The third-order valence-corrected chi connectivity index (χ3v) is 3.91. The molecule has 5 heteroatoms. The molecule has 1 heterocycles. The van der Waals surface area contributed by atoms with Crippen molar-refractivity contribution in [3.8, 4) is 0 Å². The maximum absolute atomic E-state index is 10.7. The van der Waals surface area contributed by atoms with Gasteiger partial charge in [-0.3, -0.25) is 0 Å². The maximum atomic E-state index is 10.7. The molecule has 0 bridgehead atoms. The second-order valence-electron chi connectivity index (χ2n) is 3.49. The van der Waals surface area contributed by atoms with Gasteiger partial charge in [-0.2, -0.15) is 0 Å². The summed E-state index contributed by atoms with van der Waals surface area (Å²) in [7, 11) is 0. The molecule has 15 heavy (non-hydrogen) atoms. The van der Waals surface area contributed by atoms with Gasteiger partial charge in [0, 0.05) is 10.2 Å². The first-order chi connectivity index (χ1) is 7.00. The average Bonchev–Trinajstić information content (AvgIpc) is 2.16. The Kier molecular flexibility index (Phi) is 4.60. The molecule has 3 nitrogen and oxygen atoms in total. The van der Waals surface area contributed by atoms with Gasteiger partial charge in [-0.15, -0.1) is 11.8 Å². The van der Waals surface area contributed by atoms with E-state index in [4.69, 9.17) is 5.11 Å². The van der Waals surface area contributed by atoms with E-state index < -0.39 is 5.97 Å². The molecule has 1 N–H and O–H groups in total. The minimum Gasteiger partial charge on any atom is -0.477 e. The Morgan fingerprint density at radius 3 is 2.80 bits per heavy atom. The summed E-state index contributed by atoms with van der Waals surface area (Å²) < 4.78 is 0.846. The molecule has 1 aromatic heterocycles. The summed E-state index contributed by atoms with van der Waals surface area (Å²) in [5, 5.41) is 9.53. The summed E-state index contributed by atoms with van der Waals surface area (Å²) in [4.78, 5) is 14.8. The number of thioether (sulfide) groups is 1. The molecule has 0 atom stereocenters. The van der Waals surface area contributed by atoms with Crippen LogP contribution >= 0.6 is 27.7 Å². The molecule has 0 radical (unpaired) electrons. The van der Waals surface area contributed by atoms with Gasteiger partial charge in [0.25, 0.3) is 0 Å². The summed E-state index contributed by atoms with van der Waals surface area (Å²) >= 11 is 4.92. The number of nitrogens with zero attached hydrogens (tertiary/aromatic N) is 1. The smallest absolute Gasteiger partial charge is 0.354 e. The first-order valence-electron chi connectivity index (χ1n) is 4.53. The van der Waals surface area contributed by atoms with E-state index in [9.17, 15) is 4.79 Å². The van der Waals surface area contributed by atoms with Crippen LogP contribution in [0.2, 0.25) is 0 Å². The maximum Gasteiger partial charge on any atom is 0.354 e. The van der Waals surface area contributed by atoms with Crippen molar-refractivity contribution in [2.75, 3.05) is 5.75 Å². The number of carboxylic acid groups (broad SMARTS) is 1. The number of hydrogen-bond donors (Lipinski definition) is 1. The molecule has 0 aliphatic heterocycles. The standard InChI is InChI=1S/C10H12BrNO2S/c1-6(2)5-15-9-7(11)3-4-8(12-9)10(13)14/h3-4,6H,5H2,1-2H3,(H,13,14). The van der Waals surface area contributed by atoms with E-state index in [1.165, 1.54) is 6.07 Å². The van der Waals surface area contributed by atoms with E-state index in [-0.39, 0.29) is 5.69 Å².